The maximum atomic E-state index is 15.7. The number of hydrogen-bond donors (Lipinski definition) is 4. The zero-order valence-corrected chi connectivity index (χ0v) is 44.1. The van der Waals surface area contributed by atoms with Gasteiger partial charge in [-0.05, 0) is 155 Å². The SMILES string of the molecule is Cc1c(C(=O)O)c(-c2cc(F)cc(N3CCN(c4ccc(NS(=O)(=O)c5ccc(N[C@H](CCN6CCC(CO)CC6)CSc6ccccc6)c(S(C)(=O)=O)c5)cc4)CC3)c2)c(-c2ccc(Cl)cc2)n1C(C)C. The van der Waals surface area contributed by atoms with E-state index in [-0.39, 0.29) is 34.0 Å². The number of benzene rings is 5. The van der Waals surface area contributed by atoms with Crippen molar-refractivity contribution < 1.29 is 36.2 Å². The second kappa shape index (κ2) is 22.7. The van der Waals surface area contributed by atoms with Crippen molar-refractivity contribution in [3.05, 3.63) is 137 Å². The van der Waals surface area contributed by atoms with E-state index in [2.05, 4.69) is 24.7 Å². The summed E-state index contributed by atoms with van der Waals surface area (Å²) < 4.78 is 74.6. The summed E-state index contributed by atoms with van der Waals surface area (Å²) in [6.45, 7) is 10.7. The van der Waals surface area contributed by atoms with E-state index in [0.717, 1.165) is 61.3 Å². The molecule has 72 heavy (non-hydrogen) atoms. The second-order valence-electron chi connectivity index (χ2n) is 18.9. The van der Waals surface area contributed by atoms with E-state index >= 15 is 4.39 Å². The van der Waals surface area contributed by atoms with Crippen LogP contribution in [0, 0.1) is 18.7 Å². The third-order valence-corrected chi connectivity index (χ3v) is 17.5. The lowest BCUT2D eigenvalue weighted by Crippen LogP contribution is -2.46. The van der Waals surface area contributed by atoms with Crippen molar-refractivity contribution in [2.45, 2.75) is 66.8 Å². The Morgan fingerprint density at radius 2 is 1.47 bits per heavy atom. The van der Waals surface area contributed by atoms with E-state index in [1.54, 1.807) is 43.0 Å². The Labute approximate surface area is 432 Å². The highest BCUT2D eigenvalue weighted by Gasteiger charge is 2.30. The smallest absolute Gasteiger partial charge is 0.338 e. The first-order valence-electron chi connectivity index (χ1n) is 24.2. The first kappa shape index (κ1) is 52.8. The molecule has 6 aromatic rings. The normalized spacial score (nSPS) is 15.5. The molecule has 5 aromatic carbocycles. The van der Waals surface area contributed by atoms with E-state index in [1.165, 1.54) is 30.3 Å². The van der Waals surface area contributed by atoms with Gasteiger partial charge in [-0.15, -0.1) is 11.8 Å². The van der Waals surface area contributed by atoms with E-state index in [0.29, 0.717) is 82.4 Å². The summed E-state index contributed by atoms with van der Waals surface area (Å²) in [5, 5.41) is 24.1. The number of carbonyl (C=O) groups is 1. The van der Waals surface area contributed by atoms with Crippen LogP contribution in [0.4, 0.5) is 27.1 Å². The number of thioether (sulfide) groups is 1. The zero-order valence-electron chi connectivity index (χ0n) is 40.9. The number of aromatic carboxylic acids is 1. The highest BCUT2D eigenvalue weighted by Crippen LogP contribution is 2.43. The van der Waals surface area contributed by atoms with Gasteiger partial charge in [-0.3, -0.25) is 4.72 Å². The number of rotatable bonds is 19. The number of piperidine rings is 1. The number of aliphatic hydroxyl groups is 1. The van der Waals surface area contributed by atoms with E-state index in [9.17, 15) is 31.8 Å². The van der Waals surface area contributed by atoms with Crippen LogP contribution in [0.2, 0.25) is 5.02 Å². The molecule has 0 unspecified atom stereocenters. The Kier molecular flexibility index (Phi) is 16.6. The van der Waals surface area contributed by atoms with Gasteiger partial charge >= 0.3 is 5.97 Å². The van der Waals surface area contributed by atoms with Gasteiger partial charge in [-0.25, -0.2) is 26.0 Å². The quantitative estimate of drug-likeness (QED) is 0.0569. The van der Waals surface area contributed by atoms with E-state index < -0.39 is 31.6 Å². The molecule has 0 aliphatic carbocycles. The minimum Gasteiger partial charge on any atom is -0.478 e. The standard InChI is InChI=1S/C54H62ClFN6O7S3/c1-36(2)62-37(3)51(54(64)65)52(53(62)39-10-12-41(55)13-11-39)40-30-42(56)32-46(31-40)61-28-26-60(27-29-61)45-16-14-43(15-17-45)58-72(68,69)48-18-19-49(50(33-48)71(4,66)67)57-44(35-70-47-8-6-5-7-9-47)22-25-59-23-20-38(34-63)21-24-59/h5-19,30-33,36,38,44,57-58,63H,20-29,34-35H2,1-4H3,(H,64,65)/t44-/m1/s1. The predicted molar refractivity (Wildman–Crippen MR) is 289 cm³/mol. The monoisotopic (exact) mass is 1060 g/mol. The third kappa shape index (κ3) is 12.4. The number of piperazine rings is 1. The molecule has 1 aromatic heterocycles. The Morgan fingerprint density at radius 1 is 0.819 bits per heavy atom. The molecule has 2 fully saturated rings. The van der Waals surface area contributed by atoms with Gasteiger partial charge in [-0.1, -0.05) is 41.9 Å². The lowest BCUT2D eigenvalue weighted by molar-refractivity contribution is 0.0696. The van der Waals surface area contributed by atoms with Crippen LogP contribution in [0.3, 0.4) is 0 Å². The lowest BCUT2D eigenvalue weighted by Gasteiger charge is -2.37. The second-order valence-corrected chi connectivity index (χ2v) is 24.1. The van der Waals surface area contributed by atoms with Crippen LogP contribution in [0.15, 0.2) is 130 Å². The first-order valence-corrected chi connectivity index (χ1v) is 28.9. The molecular formula is C54H62ClFN6O7S3. The number of sulfonamides is 1. The van der Waals surface area contributed by atoms with Gasteiger partial charge in [0.2, 0.25) is 0 Å². The Bertz CT molecular complexity index is 3090. The molecule has 4 N–H and O–H groups in total. The molecule has 2 aliphatic rings. The number of aromatic nitrogens is 1. The van der Waals surface area contributed by atoms with Crippen LogP contribution in [-0.2, 0) is 19.9 Å². The van der Waals surface area contributed by atoms with Crippen molar-refractivity contribution in [2.75, 3.05) is 84.3 Å². The number of anilines is 4. The average molecular weight is 1060 g/mol. The van der Waals surface area contributed by atoms with Crippen molar-refractivity contribution in [2.24, 2.45) is 5.92 Å². The highest BCUT2D eigenvalue weighted by molar-refractivity contribution is 7.99. The molecule has 0 bridgehead atoms. The molecular weight excluding hydrogens is 995 g/mol. The van der Waals surface area contributed by atoms with Crippen LogP contribution >= 0.6 is 23.4 Å². The summed E-state index contributed by atoms with van der Waals surface area (Å²) >= 11 is 7.91. The fraction of sp³-hybridized carbons (Fsp3) is 0.352. The molecule has 0 radical (unpaired) electrons. The molecule has 18 heteroatoms. The fourth-order valence-electron chi connectivity index (χ4n) is 9.82. The van der Waals surface area contributed by atoms with Gasteiger partial charge < -0.3 is 34.8 Å². The van der Waals surface area contributed by atoms with Gasteiger partial charge in [-0.2, -0.15) is 0 Å². The number of halogens is 2. The summed E-state index contributed by atoms with van der Waals surface area (Å²) in [5.41, 5.74) is 5.11. The number of nitrogens with zero attached hydrogens (tertiary/aromatic N) is 4. The summed E-state index contributed by atoms with van der Waals surface area (Å²) in [4.78, 5) is 20.3. The number of likely N-dealkylation sites (tertiary alicyclic amines) is 1. The predicted octanol–water partition coefficient (Wildman–Crippen LogP) is 10.4. The Hall–Kier alpha value is -5.56. The summed E-state index contributed by atoms with van der Waals surface area (Å²) in [7, 11) is -8.09. The van der Waals surface area contributed by atoms with Gasteiger partial charge in [0, 0.05) is 102 Å². The third-order valence-electron chi connectivity index (χ3n) is 13.6. The summed E-state index contributed by atoms with van der Waals surface area (Å²) in [6.07, 6.45) is 3.67. The van der Waals surface area contributed by atoms with Gasteiger partial charge in [0.1, 0.15) is 5.82 Å². The number of carboxylic acid groups (broad SMARTS) is 1. The molecule has 0 spiro atoms. The average Bonchev–Trinajstić information content (AvgIpc) is 3.68. The maximum Gasteiger partial charge on any atom is 0.338 e. The molecule has 3 heterocycles. The number of sulfone groups is 1. The van der Waals surface area contributed by atoms with Crippen LogP contribution < -0.4 is 19.8 Å². The molecule has 0 amide bonds. The maximum absolute atomic E-state index is 15.7. The fourth-order valence-corrected chi connectivity index (χ4v) is 13.0. The molecule has 2 aliphatic heterocycles. The molecule has 1 atom stereocenters. The molecule has 2 saturated heterocycles. The number of hydrogen-bond acceptors (Lipinski definition) is 11. The van der Waals surface area contributed by atoms with Crippen molar-refractivity contribution in [3.8, 4) is 22.4 Å². The summed E-state index contributed by atoms with van der Waals surface area (Å²) in [6, 6.07) is 32.8. The first-order chi connectivity index (χ1) is 34.4. The Balaban J connectivity index is 0.948. The van der Waals surface area contributed by atoms with Crippen molar-refractivity contribution in [3.63, 3.8) is 0 Å². The van der Waals surface area contributed by atoms with Gasteiger partial charge in [0.05, 0.1) is 26.7 Å². The molecule has 382 valence electrons. The molecule has 0 saturated carbocycles. The topological polar surface area (TPSA) is 165 Å². The number of nitrogens with one attached hydrogen (secondary N) is 2. The zero-order chi connectivity index (χ0) is 51.3. The van der Waals surface area contributed by atoms with E-state index in [1.807, 2.05) is 79.1 Å². The summed E-state index contributed by atoms with van der Waals surface area (Å²) in [5.74, 6) is -0.618. The van der Waals surface area contributed by atoms with Crippen molar-refractivity contribution >= 4 is 71.9 Å². The van der Waals surface area contributed by atoms with Crippen LogP contribution in [0.5, 0.6) is 0 Å². The number of carboxylic acids is 1. The molecule has 13 nitrogen and oxygen atoms in total. The highest BCUT2D eigenvalue weighted by atomic mass is 35.5. The van der Waals surface area contributed by atoms with E-state index in [4.69, 9.17) is 11.6 Å². The van der Waals surface area contributed by atoms with Crippen molar-refractivity contribution in [1.29, 1.82) is 0 Å². The van der Waals surface area contributed by atoms with Crippen LogP contribution in [-0.4, -0.2) is 113 Å². The largest absolute Gasteiger partial charge is 0.478 e. The van der Waals surface area contributed by atoms with Gasteiger partial charge in [0.15, 0.2) is 9.84 Å². The minimum atomic E-state index is -4.22. The van der Waals surface area contributed by atoms with Gasteiger partial charge in [0.25, 0.3) is 10.0 Å². The molecule has 8 rings (SSSR count). The van der Waals surface area contributed by atoms with Crippen molar-refractivity contribution in [1.82, 2.24) is 9.47 Å². The number of aliphatic hydroxyl groups excluding tert-OH is 1. The van der Waals surface area contributed by atoms with Crippen LogP contribution in [0.1, 0.15) is 55.2 Å². The Morgan fingerprint density at radius 3 is 2.08 bits per heavy atom. The van der Waals surface area contributed by atoms with Crippen LogP contribution in [0.25, 0.3) is 22.4 Å². The lowest BCUT2D eigenvalue weighted by atomic mass is 9.96. The minimum absolute atomic E-state index is 0.0920.